The molecule has 0 aliphatic rings. The van der Waals surface area contributed by atoms with Crippen molar-refractivity contribution in [1.29, 1.82) is 0 Å². The smallest absolute Gasteiger partial charge is 0.251 e. The third-order valence-corrected chi connectivity index (χ3v) is 5.02. The molecule has 2 rings (SSSR count). The number of carbonyl (C=O) groups is 2. The van der Waals surface area contributed by atoms with Crippen molar-refractivity contribution in [3.8, 4) is 11.4 Å². The van der Waals surface area contributed by atoms with E-state index in [4.69, 9.17) is 0 Å². The largest absolute Gasteiger partial charge is 0.349 e. The monoisotopic (exact) mass is 382 g/mol. The van der Waals surface area contributed by atoms with Crippen LogP contribution in [0.4, 0.5) is 0 Å². The Bertz CT molecular complexity index is 763. The van der Waals surface area contributed by atoms with Crippen molar-refractivity contribution < 1.29 is 9.59 Å². The van der Waals surface area contributed by atoms with Crippen molar-refractivity contribution >= 4 is 11.8 Å². The molecule has 0 bridgehead atoms. The van der Waals surface area contributed by atoms with E-state index in [-0.39, 0.29) is 23.9 Å². The van der Waals surface area contributed by atoms with Crippen LogP contribution in [-0.4, -0.2) is 33.9 Å². The Morgan fingerprint density at radius 1 is 0.714 bits per heavy atom. The summed E-state index contributed by atoms with van der Waals surface area (Å²) in [6.45, 7) is 12.2. The van der Waals surface area contributed by atoms with E-state index in [1.165, 1.54) is 0 Å². The number of hydrogen-bond donors (Lipinski definition) is 2. The van der Waals surface area contributed by atoms with E-state index in [2.05, 4.69) is 48.3 Å². The molecule has 0 saturated heterocycles. The molecule has 6 nitrogen and oxygen atoms in total. The maximum atomic E-state index is 12.5. The Morgan fingerprint density at radius 2 is 1.07 bits per heavy atom. The number of amides is 2. The summed E-state index contributed by atoms with van der Waals surface area (Å²) in [5.74, 6) is 0.389. The fourth-order valence-corrected chi connectivity index (χ4v) is 2.34. The molecule has 0 fully saturated rings. The molecule has 0 aromatic carbocycles. The lowest BCUT2D eigenvalue weighted by Crippen LogP contribution is -2.36. The summed E-state index contributed by atoms with van der Waals surface area (Å²) in [5.41, 5.74) is 2.14. The average Bonchev–Trinajstić information content (AvgIpc) is 2.67. The minimum atomic E-state index is -0.149. The maximum absolute atomic E-state index is 12.5. The highest BCUT2D eigenvalue weighted by Gasteiger charge is 2.16. The van der Waals surface area contributed by atoms with Crippen LogP contribution < -0.4 is 10.6 Å². The average molecular weight is 383 g/mol. The Kier molecular flexibility index (Phi) is 7.26. The summed E-state index contributed by atoms with van der Waals surface area (Å²) >= 11 is 0. The van der Waals surface area contributed by atoms with Crippen molar-refractivity contribution in [1.82, 2.24) is 20.6 Å². The van der Waals surface area contributed by atoms with Crippen molar-refractivity contribution in [3.63, 3.8) is 0 Å². The van der Waals surface area contributed by atoms with Crippen LogP contribution in [-0.2, 0) is 0 Å². The van der Waals surface area contributed by atoms with Gasteiger partial charge < -0.3 is 10.6 Å². The second-order valence-electron chi connectivity index (χ2n) is 7.87. The summed E-state index contributed by atoms with van der Waals surface area (Å²) < 4.78 is 0. The zero-order valence-corrected chi connectivity index (χ0v) is 17.5. The first-order valence-corrected chi connectivity index (χ1v) is 9.73. The third kappa shape index (κ3) is 5.62. The van der Waals surface area contributed by atoms with Crippen molar-refractivity contribution in [2.24, 2.45) is 11.8 Å². The highest BCUT2D eigenvalue weighted by atomic mass is 16.2. The van der Waals surface area contributed by atoms with Crippen LogP contribution in [0, 0.1) is 11.8 Å². The standard InChI is InChI=1S/C22H30N4O2/c1-13(2)15(5)25-21(27)17-7-9-23-19(11-17)20-12-18(8-10-24-20)22(28)26-16(6)14(3)4/h7-16H,1-6H3,(H,25,27)(H,26,28). The van der Waals surface area contributed by atoms with E-state index in [0.29, 0.717) is 34.4 Å². The number of nitrogens with zero attached hydrogens (tertiary/aromatic N) is 2. The summed E-state index contributed by atoms with van der Waals surface area (Å²) in [7, 11) is 0. The molecule has 150 valence electrons. The van der Waals surface area contributed by atoms with Gasteiger partial charge in [-0.05, 0) is 49.9 Å². The van der Waals surface area contributed by atoms with Gasteiger partial charge in [0, 0.05) is 35.6 Å². The highest BCUT2D eigenvalue weighted by molar-refractivity contribution is 5.96. The quantitative estimate of drug-likeness (QED) is 0.765. The molecule has 0 saturated carbocycles. The first-order valence-electron chi connectivity index (χ1n) is 9.73. The SMILES string of the molecule is CC(C)C(C)NC(=O)c1ccnc(-c2cc(C(=O)NC(C)C(C)C)ccn2)c1. The predicted molar refractivity (Wildman–Crippen MR) is 111 cm³/mol. The lowest BCUT2D eigenvalue weighted by molar-refractivity contribution is 0.0922. The summed E-state index contributed by atoms with van der Waals surface area (Å²) in [6.07, 6.45) is 3.17. The summed E-state index contributed by atoms with van der Waals surface area (Å²) in [5, 5.41) is 5.97. The molecule has 2 aromatic rings. The van der Waals surface area contributed by atoms with Gasteiger partial charge in [0.15, 0.2) is 0 Å². The molecule has 2 atom stereocenters. The number of nitrogens with one attached hydrogen (secondary N) is 2. The van der Waals surface area contributed by atoms with Crippen molar-refractivity contribution in [2.75, 3.05) is 0 Å². The number of aromatic nitrogens is 2. The lowest BCUT2D eigenvalue weighted by atomic mass is 10.1. The lowest BCUT2D eigenvalue weighted by Gasteiger charge is -2.18. The van der Waals surface area contributed by atoms with E-state index < -0.39 is 0 Å². The zero-order chi connectivity index (χ0) is 20.8. The summed E-state index contributed by atoms with van der Waals surface area (Å²) in [6, 6.07) is 6.88. The predicted octanol–water partition coefficient (Wildman–Crippen LogP) is 3.69. The Labute approximate surface area is 167 Å². The van der Waals surface area contributed by atoms with Crippen molar-refractivity contribution in [3.05, 3.63) is 47.8 Å². The second-order valence-corrected chi connectivity index (χ2v) is 7.87. The topological polar surface area (TPSA) is 84.0 Å². The highest BCUT2D eigenvalue weighted by Crippen LogP contribution is 2.17. The van der Waals surface area contributed by atoms with Crippen LogP contribution in [0.2, 0.25) is 0 Å². The van der Waals surface area contributed by atoms with Gasteiger partial charge in [0.05, 0.1) is 11.4 Å². The van der Waals surface area contributed by atoms with Gasteiger partial charge in [0.2, 0.25) is 0 Å². The van der Waals surface area contributed by atoms with Gasteiger partial charge in [-0.15, -0.1) is 0 Å². The molecule has 28 heavy (non-hydrogen) atoms. The normalized spacial score (nSPS) is 13.3. The van der Waals surface area contributed by atoms with Gasteiger partial charge in [0.25, 0.3) is 11.8 Å². The molecule has 0 spiro atoms. The van der Waals surface area contributed by atoms with Crippen LogP contribution in [0.15, 0.2) is 36.7 Å². The number of carbonyl (C=O) groups excluding carboxylic acids is 2. The molecule has 2 unspecified atom stereocenters. The van der Waals surface area contributed by atoms with Crippen LogP contribution in [0.3, 0.4) is 0 Å². The van der Waals surface area contributed by atoms with E-state index in [9.17, 15) is 9.59 Å². The second kappa shape index (κ2) is 9.44. The van der Waals surface area contributed by atoms with Gasteiger partial charge in [-0.2, -0.15) is 0 Å². The molecule has 0 aliphatic heterocycles. The molecule has 2 N–H and O–H groups in total. The van der Waals surface area contributed by atoms with Crippen LogP contribution in [0.1, 0.15) is 62.3 Å². The minimum absolute atomic E-state index is 0.0669. The Hall–Kier alpha value is -2.76. The van der Waals surface area contributed by atoms with Gasteiger partial charge in [-0.3, -0.25) is 19.6 Å². The first-order chi connectivity index (χ1) is 13.2. The van der Waals surface area contributed by atoms with Gasteiger partial charge in [0.1, 0.15) is 0 Å². The first kappa shape index (κ1) is 21.5. The van der Waals surface area contributed by atoms with Gasteiger partial charge >= 0.3 is 0 Å². The van der Waals surface area contributed by atoms with Crippen molar-refractivity contribution in [2.45, 2.75) is 53.6 Å². The Morgan fingerprint density at radius 3 is 1.39 bits per heavy atom. The molecule has 0 aliphatic carbocycles. The van der Waals surface area contributed by atoms with Gasteiger partial charge in [-0.25, -0.2) is 0 Å². The molecular formula is C22H30N4O2. The van der Waals surface area contributed by atoms with Crippen LogP contribution in [0.5, 0.6) is 0 Å². The summed E-state index contributed by atoms with van der Waals surface area (Å²) in [4.78, 5) is 33.6. The molecular weight excluding hydrogens is 352 g/mol. The molecule has 2 amide bonds. The minimum Gasteiger partial charge on any atom is -0.349 e. The van der Waals surface area contributed by atoms with E-state index >= 15 is 0 Å². The zero-order valence-electron chi connectivity index (χ0n) is 17.5. The maximum Gasteiger partial charge on any atom is 0.251 e. The Balaban J connectivity index is 2.22. The third-order valence-electron chi connectivity index (χ3n) is 5.02. The fourth-order valence-electron chi connectivity index (χ4n) is 2.34. The number of rotatable bonds is 7. The molecule has 6 heteroatoms. The molecule has 2 heterocycles. The van der Waals surface area contributed by atoms with E-state index in [0.717, 1.165) is 0 Å². The number of pyridine rings is 2. The van der Waals surface area contributed by atoms with E-state index in [1.807, 2.05) is 13.8 Å². The number of hydrogen-bond acceptors (Lipinski definition) is 4. The van der Waals surface area contributed by atoms with Gasteiger partial charge in [-0.1, -0.05) is 27.7 Å². The van der Waals surface area contributed by atoms with E-state index in [1.54, 1.807) is 36.7 Å². The van der Waals surface area contributed by atoms with Crippen LogP contribution >= 0.6 is 0 Å². The molecule has 0 radical (unpaired) electrons. The fraction of sp³-hybridized carbons (Fsp3) is 0.455. The van der Waals surface area contributed by atoms with Crippen LogP contribution in [0.25, 0.3) is 11.4 Å². The molecule has 2 aromatic heterocycles.